The Kier molecular flexibility index (Phi) is 7.61. The number of rotatable bonds is 11. The van der Waals surface area contributed by atoms with Crippen LogP contribution < -0.4 is 4.72 Å². The Balaban J connectivity index is 1.58. The maximum Gasteiger partial charge on any atom is 0.303 e. The number of nitrogens with one attached hydrogen (secondary N) is 1. The predicted octanol–water partition coefficient (Wildman–Crippen LogP) is 4.10. The van der Waals surface area contributed by atoms with Gasteiger partial charge in [0.15, 0.2) is 0 Å². The molecule has 4 unspecified atom stereocenters. The molecule has 1 aromatic rings. The van der Waals surface area contributed by atoms with E-state index in [0.717, 1.165) is 31.1 Å². The van der Waals surface area contributed by atoms with Gasteiger partial charge in [0.05, 0.1) is 4.92 Å². The van der Waals surface area contributed by atoms with Crippen molar-refractivity contribution in [2.45, 2.75) is 51.0 Å². The molecular formula is C22H28N2O6S. The second-order valence-corrected chi connectivity index (χ2v) is 9.93. The van der Waals surface area contributed by atoms with Crippen LogP contribution in [0.2, 0.25) is 0 Å². The number of benzene rings is 1. The van der Waals surface area contributed by atoms with Crippen molar-refractivity contribution in [3.63, 3.8) is 0 Å². The van der Waals surface area contributed by atoms with Crippen molar-refractivity contribution >= 4 is 27.8 Å². The Labute approximate surface area is 182 Å². The highest BCUT2D eigenvalue weighted by Gasteiger charge is 2.47. The minimum absolute atomic E-state index is 0.0426. The maximum absolute atomic E-state index is 12.7. The Morgan fingerprint density at radius 1 is 1.19 bits per heavy atom. The number of nitro groups is 1. The predicted molar refractivity (Wildman–Crippen MR) is 118 cm³/mol. The zero-order chi connectivity index (χ0) is 22.4. The molecule has 4 atom stereocenters. The Bertz CT molecular complexity index is 955. The lowest BCUT2D eigenvalue weighted by atomic mass is 9.83. The number of nitro benzene ring substituents is 1. The molecule has 0 amide bonds. The molecule has 0 saturated heterocycles. The summed E-state index contributed by atoms with van der Waals surface area (Å²) in [6.45, 7) is 0. The molecule has 2 bridgehead atoms. The number of nitrogens with zero attached hydrogens (tertiary/aromatic N) is 1. The van der Waals surface area contributed by atoms with E-state index in [4.69, 9.17) is 5.11 Å². The second-order valence-electron chi connectivity index (χ2n) is 8.33. The zero-order valence-electron chi connectivity index (χ0n) is 17.2. The van der Waals surface area contributed by atoms with E-state index in [9.17, 15) is 23.3 Å². The van der Waals surface area contributed by atoms with Gasteiger partial charge < -0.3 is 5.11 Å². The quantitative estimate of drug-likeness (QED) is 0.227. The molecule has 2 aliphatic carbocycles. The largest absolute Gasteiger partial charge is 0.481 e. The van der Waals surface area contributed by atoms with Crippen LogP contribution in [0.15, 0.2) is 41.8 Å². The molecule has 8 nitrogen and oxygen atoms in total. The fourth-order valence-corrected chi connectivity index (χ4v) is 5.94. The Morgan fingerprint density at radius 2 is 1.90 bits per heavy atom. The molecule has 2 aliphatic rings. The average molecular weight is 449 g/mol. The smallest absolute Gasteiger partial charge is 0.303 e. The number of aliphatic carboxylic acids is 1. The van der Waals surface area contributed by atoms with Crippen LogP contribution in [0.3, 0.4) is 0 Å². The van der Waals surface area contributed by atoms with Crippen LogP contribution >= 0.6 is 0 Å². The van der Waals surface area contributed by atoms with Crippen LogP contribution in [0.4, 0.5) is 5.69 Å². The lowest BCUT2D eigenvalue weighted by Gasteiger charge is -2.30. The number of unbranched alkanes of at least 4 members (excludes halogenated alkanes) is 1. The highest BCUT2D eigenvalue weighted by atomic mass is 32.2. The molecule has 9 heteroatoms. The number of carbonyl (C=O) groups is 1. The first-order chi connectivity index (χ1) is 14.7. The van der Waals surface area contributed by atoms with Crippen molar-refractivity contribution in [3.8, 4) is 0 Å². The van der Waals surface area contributed by atoms with Crippen molar-refractivity contribution in [1.29, 1.82) is 0 Å². The summed E-state index contributed by atoms with van der Waals surface area (Å²) < 4.78 is 28.2. The standard InChI is InChI=1S/C22H28N2O6S/c25-21(26)6-4-2-1-3-5-20-17-9-10-18(15-17)22(20)23-31(29,30)14-13-16-7-11-19(12-8-16)24(27)28/h1,3,7-8,11-14,17-18,20,22-23H,2,4-6,9-10,15H2,(H,25,26). The van der Waals surface area contributed by atoms with Crippen LogP contribution in [-0.2, 0) is 14.8 Å². The minimum atomic E-state index is -3.65. The summed E-state index contributed by atoms with van der Waals surface area (Å²) in [6.07, 6.45) is 10.9. The van der Waals surface area contributed by atoms with E-state index < -0.39 is 20.9 Å². The normalized spacial score (nSPS) is 25.5. The van der Waals surface area contributed by atoms with E-state index in [-0.39, 0.29) is 24.1 Å². The lowest BCUT2D eigenvalue weighted by Crippen LogP contribution is -2.43. The van der Waals surface area contributed by atoms with Gasteiger partial charge in [-0.3, -0.25) is 14.9 Å². The molecule has 1 aromatic carbocycles. The highest BCUT2D eigenvalue weighted by Crippen LogP contribution is 2.50. The van der Waals surface area contributed by atoms with E-state index >= 15 is 0 Å². The van der Waals surface area contributed by atoms with Crippen LogP contribution in [-0.4, -0.2) is 30.5 Å². The monoisotopic (exact) mass is 448 g/mol. The van der Waals surface area contributed by atoms with E-state index in [0.29, 0.717) is 30.2 Å². The van der Waals surface area contributed by atoms with Gasteiger partial charge in [0.2, 0.25) is 10.0 Å². The second kappa shape index (κ2) is 10.2. The van der Waals surface area contributed by atoms with Crippen LogP contribution in [0.1, 0.15) is 50.5 Å². The number of hydrogen-bond acceptors (Lipinski definition) is 5. The molecular weight excluding hydrogens is 420 g/mol. The van der Waals surface area contributed by atoms with E-state index in [1.54, 1.807) is 0 Å². The van der Waals surface area contributed by atoms with Crippen LogP contribution in [0, 0.1) is 27.9 Å². The fourth-order valence-electron chi connectivity index (χ4n) is 4.78. The fraction of sp³-hybridized carbons (Fsp3) is 0.500. The van der Waals surface area contributed by atoms with Gasteiger partial charge in [-0.25, -0.2) is 13.1 Å². The van der Waals surface area contributed by atoms with Crippen molar-refractivity contribution in [3.05, 3.63) is 57.5 Å². The molecule has 2 saturated carbocycles. The average Bonchev–Trinajstić information content (AvgIpc) is 3.31. The number of allylic oxidation sites excluding steroid dienone is 2. The maximum atomic E-state index is 12.7. The third kappa shape index (κ3) is 6.48. The summed E-state index contributed by atoms with van der Waals surface area (Å²) in [5.74, 6) is 0.313. The summed E-state index contributed by atoms with van der Waals surface area (Å²) in [5.41, 5.74) is 0.531. The molecule has 3 rings (SSSR count). The van der Waals surface area contributed by atoms with Gasteiger partial charge in [0, 0.05) is 30.0 Å². The molecule has 2 fully saturated rings. The van der Waals surface area contributed by atoms with Gasteiger partial charge in [-0.2, -0.15) is 0 Å². The topological polar surface area (TPSA) is 127 Å². The number of carboxylic acids is 1. The summed E-state index contributed by atoms with van der Waals surface area (Å²) in [7, 11) is -3.65. The van der Waals surface area contributed by atoms with E-state index in [1.165, 1.54) is 30.3 Å². The highest BCUT2D eigenvalue weighted by molar-refractivity contribution is 7.92. The first kappa shape index (κ1) is 23.1. The van der Waals surface area contributed by atoms with Crippen molar-refractivity contribution in [2.24, 2.45) is 17.8 Å². The molecule has 0 spiro atoms. The minimum Gasteiger partial charge on any atom is -0.481 e. The molecule has 2 N–H and O–H groups in total. The van der Waals surface area contributed by atoms with Crippen LogP contribution in [0.5, 0.6) is 0 Å². The van der Waals surface area contributed by atoms with Gasteiger partial charge in [-0.05, 0) is 80.1 Å². The van der Waals surface area contributed by atoms with Crippen molar-refractivity contribution in [2.75, 3.05) is 0 Å². The molecule has 168 valence electrons. The zero-order valence-corrected chi connectivity index (χ0v) is 18.0. The summed E-state index contributed by atoms with van der Waals surface area (Å²) >= 11 is 0. The SMILES string of the molecule is O=C(O)CCCC=CCC1C2CCC(C2)C1NS(=O)(=O)C=Cc1ccc([N+](=O)[O-])cc1. The Morgan fingerprint density at radius 3 is 2.58 bits per heavy atom. The molecule has 0 aromatic heterocycles. The van der Waals surface area contributed by atoms with Gasteiger partial charge in [0.25, 0.3) is 5.69 Å². The van der Waals surface area contributed by atoms with Gasteiger partial charge in [0.1, 0.15) is 0 Å². The summed E-state index contributed by atoms with van der Waals surface area (Å²) in [4.78, 5) is 20.8. The first-order valence-electron chi connectivity index (χ1n) is 10.6. The molecule has 31 heavy (non-hydrogen) atoms. The van der Waals surface area contributed by atoms with Crippen molar-refractivity contribution in [1.82, 2.24) is 4.72 Å². The molecule has 0 heterocycles. The van der Waals surface area contributed by atoms with Gasteiger partial charge >= 0.3 is 5.97 Å². The third-order valence-electron chi connectivity index (χ3n) is 6.27. The first-order valence-corrected chi connectivity index (χ1v) is 12.1. The number of sulfonamides is 1. The van der Waals surface area contributed by atoms with Gasteiger partial charge in [-0.1, -0.05) is 12.2 Å². The number of hydrogen-bond donors (Lipinski definition) is 2. The third-order valence-corrected chi connectivity index (χ3v) is 7.36. The molecule has 0 aliphatic heterocycles. The van der Waals surface area contributed by atoms with Gasteiger partial charge in [-0.15, -0.1) is 0 Å². The summed E-state index contributed by atoms with van der Waals surface area (Å²) in [6, 6.07) is 5.61. The Hall–Kier alpha value is -2.52. The summed E-state index contributed by atoms with van der Waals surface area (Å²) in [5, 5.41) is 20.5. The lowest BCUT2D eigenvalue weighted by molar-refractivity contribution is -0.384. The number of fused-ring (bicyclic) bond motifs is 2. The molecule has 0 radical (unpaired) electrons. The van der Waals surface area contributed by atoms with E-state index in [2.05, 4.69) is 10.8 Å². The van der Waals surface area contributed by atoms with Crippen molar-refractivity contribution < 1.29 is 23.2 Å². The van der Waals surface area contributed by atoms with Crippen LogP contribution in [0.25, 0.3) is 6.08 Å². The number of non-ortho nitro benzene ring substituents is 1. The number of carboxylic acid groups (broad SMARTS) is 1. The van der Waals surface area contributed by atoms with E-state index in [1.807, 2.05) is 6.08 Å².